The molecule has 0 spiro atoms. The van der Waals surface area contributed by atoms with Gasteiger partial charge < -0.3 is 22.9 Å². The second-order valence-electron chi connectivity index (χ2n) is 3.93. The van der Waals surface area contributed by atoms with Gasteiger partial charge >= 0.3 is 0 Å². The summed E-state index contributed by atoms with van der Waals surface area (Å²) in [6.07, 6.45) is 0. The second kappa shape index (κ2) is 11.5. The molecule has 4 nitrogen and oxygen atoms in total. The Labute approximate surface area is 163 Å². The minimum atomic E-state index is -0.190. The van der Waals surface area contributed by atoms with Crippen LogP contribution in [-0.2, 0) is 0 Å². The van der Waals surface area contributed by atoms with Gasteiger partial charge in [0, 0.05) is 28.4 Å². The van der Waals surface area contributed by atoms with E-state index >= 15 is 0 Å². The van der Waals surface area contributed by atoms with Gasteiger partial charge in [-0.2, -0.15) is 0 Å². The van der Waals surface area contributed by atoms with Crippen molar-refractivity contribution in [1.82, 2.24) is 0 Å². The van der Waals surface area contributed by atoms with Gasteiger partial charge in [0.25, 0.3) is 0 Å². The minimum Gasteiger partial charge on any atom is -0.385 e. The summed E-state index contributed by atoms with van der Waals surface area (Å²) in [6.45, 7) is 0. The van der Waals surface area contributed by atoms with E-state index in [1.54, 1.807) is 0 Å². The maximum atomic E-state index is 5.59. The molecular weight excluding hydrogens is 421 g/mol. The number of hydrogen-bond donors (Lipinski definition) is 4. The molecule has 0 saturated carbocycles. The normalized spacial score (nSPS) is 11.0. The Morgan fingerprint density at radius 3 is 0.905 bits per heavy atom. The first-order valence-corrected chi connectivity index (χ1v) is 10.9. The van der Waals surface area contributed by atoms with E-state index in [1.807, 2.05) is 0 Å². The highest BCUT2D eigenvalue weighted by Gasteiger charge is 2.32. The average Bonchev–Trinajstić information content (AvgIpc) is 2.36. The molecule has 120 valence electrons. The Bertz CT molecular complexity index is 335. The molecule has 0 rings (SSSR count). The molecule has 0 bridgehead atoms. The van der Waals surface area contributed by atoms with Gasteiger partial charge in [0.1, 0.15) is 17.3 Å². The standard InChI is InChI=1S/C9H16N4S8/c10-5(14)18-1-9(2-19-6(11)15,3-20-7(12)16)4-21-8(13)17/h1-4H2,(H2,10,14)(H2,11,15)(H2,12,16)(H2,13,17). The van der Waals surface area contributed by atoms with Crippen molar-refractivity contribution in [2.45, 2.75) is 0 Å². The number of thioether (sulfide) groups is 4. The molecule has 0 aromatic heterocycles. The average molecular weight is 437 g/mol. The molecule has 0 fully saturated rings. The van der Waals surface area contributed by atoms with Crippen LogP contribution in [0, 0.1) is 5.41 Å². The molecular formula is C9H16N4S8. The number of hydrogen-bond acceptors (Lipinski definition) is 8. The quantitative estimate of drug-likeness (QED) is 0.417. The molecule has 8 N–H and O–H groups in total. The van der Waals surface area contributed by atoms with Crippen LogP contribution in [0.5, 0.6) is 0 Å². The summed E-state index contributed by atoms with van der Waals surface area (Å²) in [5, 5.41) is 0. The van der Waals surface area contributed by atoms with E-state index in [9.17, 15) is 0 Å². The lowest BCUT2D eigenvalue weighted by molar-refractivity contribution is 0.519. The minimum absolute atomic E-state index is 0.190. The van der Waals surface area contributed by atoms with Crippen LogP contribution in [0.2, 0.25) is 0 Å². The number of nitrogens with two attached hydrogens (primary N) is 4. The molecule has 0 aromatic carbocycles. The Morgan fingerprint density at radius 1 is 0.571 bits per heavy atom. The predicted molar refractivity (Wildman–Crippen MR) is 119 cm³/mol. The van der Waals surface area contributed by atoms with Gasteiger partial charge in [0.2, 0.25) is 0 Å². The summed E-state index contributed by atoms with van der Waals surface area (Å²) < 4.78 is 1.56. The third kappa shape index (κ3) is 12.1. The summed E-state index contributed by atoms with van der Waals surface area (Å²) >= 11 is 25.4. The largest absolute Gasteiger partial charge is 0.385 e. The molecule has 0 aliphatic carbocycles. The van der Waals surface area contributed by atoms with Crippen LogP contribution in [0.4, 0.5) is 0 Å². The molecule has 21 heavy (non-hydrogen) atoms. The zero-order valence-corrected chi connectivity index (χ0v) is 17.4. The number of rotatable bonds is 8. The zero-order valence-electron chi connectivity index (χ0n) is 10.9. The smallest absolute Gasteiger partial charge is 0.131 e. The molecule has 0 atom stereocenters. The molecule has 0 aliphatic heterocycles. The van der Waals surface area contributed by atoms with Crippen molar-refractivity contribution < 1.29 is 0 Å². The van der Waals surface area contributed by atoms with Crippen molar-refractivity contribution in [2.75, 3.05) is 23.0 Å². The van der Waals surface area contributed by atoms with E-state index < -0.39 is 0 Å². The van der Waals surface area contributed by atoms with Crippen molar-refractivity contribution in [2.24, 2.45) is 28.3 Å². The van der Waals surface area contributed by atoms with Gasteiger partial charge in [-0.25, -0.2) is 0 Å². The van der Waals surface area contributed by atoms with Gasteiger partial charge in [0.05, 0.1) is 0 Å². The van der Waals surface area contributed by atoms with Crippen LogP contribution in [0.15, 0.2) is 0 Å². The zero-order chi connectivity index (χ0) is 16.5. The number of thiocarbonyl (C=S) groups is 4. The summed E-state index contributed by atoms with van der Waals surface area (Å²) in [7, 11) is 0. The third-order valence-electron chi connectivity index (χ3n) is 2.08. The summed E-state index contributed by atoms with van der Waals surface area (Å²) in [4.78, 5) is 0. The molecule has 0 saturated heterocycles. The van der Waals surface area contributed by atoms with Gasteiger partial charge in [-0.05, 0) is 0 Å². The Hall–Kier alpha value is 0.960. The highest BCUT2D eigenvalue weighted by atomic mass is 32.2. The van der Waals surface area contributed by atoms with E-state index in [2.05, 4.69) is 0 Å². The van der Waals surface area contributed by atoms with Crippen molar-refractivity contribution in [1.29, 1.82) is 0 Å². The molecule has 0 aliphatic rings. The van der Waals surface area contributed by atoms with Gasteiger partial charge in [-0.1, -0.05) is 95.9 Å². The second-order valence-corrected chi connectivity index (χ2v) is 10.8. The summed E-state index contributed by atoms with van der Waals surface area (Å²) in [6, 6.07) is 0. The van der Waals surface area contributed by atoms with E-state index in [4.69, 9.17) is 71.8 Å². The van der Waals surface area contributed by atoms with Crippen LogP contribution in [0.1, 0.15) is 0 Å². The first kappa shape index (κ1) is 22.0. The molecule has 0 radical (unpaired) electrons. The highest BCUT2D eigenvalue weighted by molar-refractivity contribution is 8.25. The Balaban J connectivity index is 5.02. The van der Waals surface area contributed by atoms with E-state index in [0.29, 0.717) is 40.3 Å². The van der Waals surface area contributed by atoms with Crippen molar-refractivity contribution in [3.63, 3.8) is 0 Å². The predicted octanol–water partition coefficient (Wildman–Crippen LogP) is 1.88. The SMILES string of the molecule is NC(=S)SCC(CSC(N)=S)(CSC(N)=S)CSC(N)=S. The first-order valence-electron chi connectivity index (χ1n) is 5.36. The highest BCUT2D eigenvalue weighted by Crippen LogP contribution is 2.35. The molecule has 0 unspecified atom stereocenters. The van der Waals surface area contributed by atoms with Crippen molar-refractivity contribution >= 4 is 113 Å². The van der Waals surface area contributed by atoms with Crippen molar-refractivity contribution in [3.8, 4) is 0 Å². The maximum Gasteiger partial charge on any atom is 0.131 e. The monoisotopic (exact) mass is 436 g/mol. The lowest BCUT2D eigenvalue weighted by Gasteiger charge is -2.32. The fourth-order valence-electron chi connectivity index (χ4n) is 1.15. The maximum absolute atomic E-state index is 5.59. The van der Waals surface area contributed by atoms with Crippen LogP contribution in [-0.4, -0.2) is 40.3 Å². The summed E-state index contributed by atoms with van der Waals surface area (Å²) in [5.74, 6) is 2.79. The first-order chi connectivity index (χ1) is 9.67. The van der Waals surface area contributed by atoms with Crippen LogP contribution < -0.4 is 22.9 Å². The topological polar surface area (TPSA) is 104 Å². The molecule has 0 heterocycles. The van der Waals surface area contributed by atoms with Gasteiger partial charge in [-0.15, -0.1) is 0 Å². The van der Waals surface area contributed by atoms with E-state index in [1.165, 1.54) is 47.0 Å². The molecule has 0 amide bonds. The Kier molecular flexibility index (Phi) is 12.0. The third-order valence-corrected chi connectivity index (χ3v) is 7.66. The fraction of sp³-hybridized carbons (Fsp3) is 0.556. The van der Waals surface area contributed by atoms with Crippen LogP contribution >= 0.6 is 95.9 Å². The van der Waals surface area contributed by atoms with E-state index in [-0.39, 0.29) is 5.41 Å². The molecule has 0 aromatic rings. The van der Waals surface area contributed by atoms with Crippen LogP contribution in [0.25, 0.3) is 0 Å². The fourth-order valence-corrected chi connectivity index (χ4v) is 5.65. The van der Waals surface area contributed by atoms with E-state index in [0.717, 1.165) is 0 Å². The van der Waals surface area contributed by atoms with Crippen LogP contribution in [0.3, 0.4) is 0 Å². The lowest BCUT2D eigenvalue weighted by Crippen LogP contribution is -2.36. The van der Waals surface area contributed by atoms with Crippen molar-refractivity contribution in [3.05, 3.63) is 0 Å². The van der Waals surface area contributed by atoms with Gasteiger partial charge in [0.15, 0.2) is 0 Å². The molecule has 12 heteroatoms. The van der Waals surface area contributed by atoms with Gasteiger partial charge in [-0.3, -0.25) is 0 Å². The lowest BCUT2D eigenvalue weighted by atomic mass is 9.99. The summed E-state index contributed by atoms with van der Waals surface area (Å²) in [5.41, 5.74) is 22.2. The Morgan fingerprint density at radius 2 is 0.762 bits per heavy atom.